The summed E-state index contributed by atoms with van der Waals surface area (Å²) in [4.78, 5) is 20.6. The number of carbonyl (C=O) groups is 1. The number of carbonyl (C=O) groups excluding carboxylic acids is 1. The number of nitrogens with one attached hydrogen (secondary N) is 2. The maximum atomic E-state index is 12.1. The Labute approximate surface area is 170 Å². The molecule has 28 heavy (non-hydrogen) atoms. The molecule has 0 spiro atoms. The average molecular weight is 388 g/mol. The molecular formula is C22H37N5O. The number of amides is 1. The molecule has 0 radical (unpaired) electrons. The van der Waals surface area contributed by atoms with Crippen LogP contribution in [-0.4, -0.2) is 75.5 Å². The van der Waals surface area contributed by atoms with Gasteiger partial charge in [-0.05, 0) is 68.9 Å². The van der Waals surface area contributed by atoms with E-state index in [0.29, 0.717) is 0 Å². The third kappa shape index (κ3) is 7.15. The highest BCUT2D eigenvalue weighted by Crippen LogP contribution is 2.16. The smallest absolute Gasteiger partial charge is 0.253 e. The molecule has 1 aliphatic heterocycles. The number of aliphatic imine (C=N–C) groups is 1. The van der Waals surface area contributed by atoms with Crippen LogP contribution in [0.4, 0.5) is 0 Å². The lowest BCUT2D eigenvalue weighted by atomic mass is 9.97. The molecule has 0 bridgehead atoms. The van der Waals surface area contributed by atoms with Gasteiger partial charge in [-0.25, -0.2) is 0 Å². The first-order valence-corrected chi connectivity index (χ1v) is 10.5. The predicted octanol–water partition coefficient (Wildman–Crippen LogP) is 2.22. The van der Waals surface area contributed by atoms with E-state index < -0.39 is 0 Å². The molecule has 1 amide bonds. The second-order valence-corrected chi connectivity index (χ2v) is 7.81. The van der Waals surface area contributed by atoms with E-state index in [4.69, 9.17) is 0 Å². The van der Waals surface area contributed by atoms with Crippen molar-refractivity contribution in [1.29, 1.82) is 0 Å². The number of likely N-dealkylation sites (tertiary alicyclic amines) is 1. The fraction of sp³-hybridized carbons (Fsp3) is 0.636. The quantitative estimate of drug-likeness (QED) is 0.530. The minimum atomic E-state index is 0.0391. The van der Waals surface area contributed by atoms with Crippen LogP contribution in [0.1, 0.15) is 42.1 Å². The molecule has 1 aromatic carbocycles. The van der Waals surface area contributed by atoms with Gasteiger partial charge in [0.25, 0.3) is 5.91 Å². The van der Waals surface area contributed by atoms with Gasteiger partial charge in [0.05, 0.1) is 0 Å². The zero-order chi connectivity index (χ0) is 20.4. The van der Waals surface area contributed by atoms with Crippen LogP contribution >= 0.6 is 0 Å². The lowest BCUT2D eigenvalue weighted by Crippen LogP contribution is -2.43. The fourth-order valence-corrected chi connectivity index (χ4v) is 3.64. The minimum absolute atomic E-state index is 0.0391. The molecule has 1 fully saturated rings. The van der Waals surface area contributed by atoms with Crippen molar-refractivity contribution in [3.05, 3.63) is 35.4 Å². The molecule has 2 rings (SSSR count). The Hall–Kier alpha value is -2.08. The van der Waals surface area contributed by atoms with Gasteiger partial charge in [0, 0.05) is 39.8 Å². The van der Waals surface area contributed by atoms with Crippen LogP contribution in [0.5, 0.6) is 0 Å². The monoisotopic (exact) mass is 387 g/mol. The summed E-state index contributed by atoms with van der Waals surface area (Å²) in [5.41, 5.74) is 1.89. The van der Waals surface area contributed by atoms with Gasteiger partial charge < -0.3 is 20.4 Å². The van der Waals surface area contributed by atoms with Crippen LogP contribution in [0.15, 0.2) is 29.3 Å². The Morgan fingerprint density at radius 3 is 2.64 bits per heavy atom. The third-order valence-electron chi connectivity index (χ3n) is 5.32. The number of guanidine groups is 1. The first-order valence-electron chi connectivity index (χ1n) is 10.5. The first-order chi connectivity index (χ1) is 13.5. The maximum Gasteiger partial charge on any atom is 0.253 e. The van der Waals surface area contributed by atoms with Crippen molar-refractivity contribution >= 4 is 11.9 Å². The van der Waals surface area contributed by atoms with Gasteiger partial charge in [0.1, 0.15) is 0 Å². The molecular weight excluding hydrogens is 350 g/mol. The van der Waals surface area contributed by atoms with Crippen molar-refractivity contribution in [2.45, 2.75) is 32.6 Å². The molecule has 0 unspecified atom stereocenters. The molecule has 1 aliphatic rings. The highest BCUT2D eigenvalue weighted by Gasteiger charge is 2.18. The summed E-state index contributed by atoms with van der Waals surface area (Å²) < 4.78 is 0. The largest absolute Gasteiger partial charge is 0.356 e. The highest BCUT2D eigenvalue weighted by molar-refractivity contribution is 5.94. The van der Waals surface area contributed by atoms with E-state index in [1.165, 1.54) is 38.9 Å². The average Bonchev–Trinajstić information content (AvgIpc) is 2.71. The van der Waals surface area contributed by atoms with E-state index >= 15 is 0 Å². The second kappa shape index (κ2) is 11.7. The molecule has 6 heteroatoms. The van der Waals surface area contributed by atoms with E-state index in [0.717, 1.165) is 42.5 Å². The zero-order valence-electron chi connectivity index (χ0n) is 18.0. The first kappa shape index (κ1) is 22.2. The Morgan fingerprint density at radius 2 is 2.00 bits per heavy atom. The molecule has 1 aromatic rings. The van der Waals surface area contributed by atoms with Crippen LogP contribution in [0.25, 0.3) is 0 Å². The molecule has 0 saturated carbocycles. The van der Waals surface area contributed by atoms with Crippen molar-refractivity contribution in [2.75, 3.05) is 53.9 Å². The van der Waals surface area contributed by atoms with Gasteiger partial charge in [-0.2, -0.15) is 0 Å². The lowest BCUT2D eigenvalue weighted by molar-refractivity contribution is 0.0827. The summed E-state index contributed by atoms with van der Waals surface area (Å²) in [6.45, 7) is 7.67. The summed E-state index contributed by atoms with van der Waals surface area (Å²) in [5, 5.41) is 6.87. The van der Waals surface area contributed by atoms with Crippen LogP contribution in [0.2, 0.25) is 0 Å². The van der Waals surface area contributed by atoms with Crippen LogP contribution in [0.3, 0.4) is 0 Å². The van der Waals surface area contributed by atoms with Crippen molar-refractivity contribution in [1.82, 2.24) is 20.4 Å². The lowest BCUT2D eigenvalue weighted by Gasteiger charge is -2.32. The summed E-state index contributed by atoms with van der Waals surface area (Å²) in [5.74, 6) is 1.62. The van der Waals surface area contributed by atoms with Crippen LogP contribution in [0, 0.1) is 5.92 Å². The van der Waals surface area contributed by atoms with Gasteiger partial charge in [-0.1, -0.05) is 19.1 Å². The molecule has 1 heterocycles. The van der Waals surface area contributed by atoms with Crippen molar-refractivity contribution in [3.63, 3.8) is 0 Å². The normalized spacial score (nSPS) is 16.1. The van der Waals surface area contributed by atoms with Gasteiger partial charge in [0.15, 0.2) is 5.96 Å². The van der Waals surface area contributed by atoms with Crippen molar-refractivity contribution < 1.29 is 4.79 Å². The summed E-state index contributed by atoms with van der Waals surface area (Å²) in [7, 11) is 5.37. The summed E-state index contributed by atoms with van der Waals surface area (Å²) in [6, 6.07) is 7.86. The highest BCUT2D eigenvalue weighted by atomic mass is 16.2. The number of hydrogen-bond acceptors (Lipinski definition) is 3. The van der Waals surface area contributed by atoms with E-state index in [-0.39, 0.29) is 5.91 Å². The summed E-state index contributed by atoms with van der Waals surface area (Å²) >= 11 is 0. The molecule has 156 valence electrons. The van der Waals surface area contributed by atoms with E-state index in [9.17, 15) is 4.79 Å². The SMILES string of the molecule is CCCN1CCC(CNC(=NC)NCCc2cccc(C(=O)N(C)C)c2)CC1. The maximum absolute atomic E-state index is 12.1. The number of benzene rings is 1. The van der Waals surface area contributed by atoms with Crippen molar-refractivity contribution in [2.24, 2.45) is 10.9 Å². The molecule has 0 aromatic heterocycles. The molecule has 0 atom stereocenters. The number of piperidine rings is 1. The van der Waals surface area contributed by atoms with E-state index in [1.54, 1.807) is 19.0 Å². The Morgan fingerprint density at radius 1 is 1.25 bits per heavy atom. The Bertz CT molecular complexity index is 636. The van der Waals surface area contributed by atoms with Gasteiger partial charge in [-0.15, -0.1) is 0 Å². The van der Waals surface area contributed by atoms with E-state index in [2.05, 4.69) is 33.5 Å². The number of rotatable bonds is 8. The van der Waals surface area contributed by atoms with Crippen molar-refractivity contribution in [3.8, 4) is 0 Å². The van der Waals surface area contributed by atoms with Gasteiger partial charge in [0.2, 0.25) is 0 Å². The minimum Gasteiger partial charge on any atom is -0.356 e. The second-order valence-electron chi connectivity index (χ2n) is 7.81. The zero-order valence-corrected chi connectivity index (χ0v) is 18.0. The Kier molecular flexibility index (Phi) is 9.28. The molecule has 2 N–H and O–H groups in total. The van der Waals surface area contributed by atoms with Gasteiger partial charge in [-0.3, -0.25) is 9.79 Å². The number of nitrogens with zero attached hydrogens (tertiary/aromatic N) is 3. The van der Waals surface area contributed by atoms with Gasteiger partial charge >= 0.3 is 0 Å². The third-order valence-corrected chi connectivity index (χ3v) is 5.32. The summed E-state index contributed by atoms with van der Waals surface area (Å²) in [6.07, 6.45) is 4.61. The molecule has 6 nitrogen and oxygen atoms in total. The molecule has 0 aliphatic carbocycles. The predicted molar refractivity (Wildman–Crippen MR) is 117 cm³/mol. The van der Waals surface area contributed by atoms with E-state index in [1.807, 2.05) is 25.2 Å². The standard InChI is InChI=1S/C22H37N5O/c1-5-13-27-14-10-19(11-15-27)17-25-22(23-2)24-12-9-18-7-6-8-20(16-18)21(28)26(3)4/h6-8,16,19H,5,9-15,17H2,1-4H3,(H2,23,24,25). The van der Waals surface area contributed by atoms with Crippen LogP contribution in [-0.2, 0) is 6.42 Å². The topological polar surface area (TPSA) is 60.0 Å². The number of hydrogen-bond donors (Lipinski definition) is 2. The van der Waals surface area contributed by atoms with Crippen LogP contribution < -0.4 is 10.6 Å². The Balaban J connectivity index is 1.72. The fourth-order valence-electron chi connectivity index (χ4n) is 3.64. The molecule has 1 saturated heterocycles.